The Bertz CT molecular complexity index is 383. The van der Waals surface area contributed by atoms with Gasteiger partial charge in [-0.2, -0.15) is 0 Å². The van der Waals surface area contributed by atoms with Crippen molar-refractivity contribution in [2.75, 3.05) is 13.2 Å². The van der Waals surface area contributed by atoms with E-state index in [0.29, 0.717) is 17.9 Å². The zero-order chi connectivity index (χ0) is 19.8. The Morgan fingerprint density at radius 3 is 2.16 bits per heavy atom. The second-order valence-electron chi connectivity index (χ2n) is 8.60. The standard InChI is InChI=1S/C21H43NO3/c1-10-25-20(8)18(6)22-13-14(2)11-21(9,24)12-15(3)16(4)17(5)19(7)23/h14-18,20,22,24H,10-13H2,1-9H3/t14-,15?,16?,17?,18-,20+,21+/m1/s1. The minimum absolute atomic E-state index is 0.0470. The van der Waals surface area contributed by atoms with Gasteiger partial charge in [0.25, 0.3) is 0 Å². The van der Waals surface area contributed by atoms with Gasteiger partial charge < -0.3 is 15.2 Å². The molecule has 7 atom stereocenters. The first-order chi connectivity index (χ1) is 11.4. The lowest BCUT2D eigenvalue weighted by Crippen LogP contribution is -2.41. The van der Waals surface area contributed by atoms with Crippen molar-refractivity contribution in [3.8, 4) is 0 Å². The van der Waals surface area contributed by atoms with Gasteiger partial charge in [0.2, 0.25) is 0 Å². The van der Waals surface area contributed by atoms with Crippen LogP contribution in [0.3, 0.4) is 0 Å². The van der Waals surface area contributed by atoms with Gasteiger partial charge in [-0.25, -0.2) is 0 Å². The lowest BCUT2D eigenvalue weighted by Gasteiger charge is -2.34. The summed E-state index contributed by atoms with van der Waals surface area (Å²) in [7, 11) is 0. The van der Waals surface area contributed by atoms with Crippen molar-refractivity contribution < 1.29 is 14.6 Å². The summed E-state index contributed by atoms with van der Waals surface area (Å²) < 4.78 is 5.62. The third-order valence-electron chi connectivity index (χ3n) is 5.80. The Hall–Kier alpha value is -0.450. The Morgan fingerprint density at radius 1 is 1.12 bits per heavy atom. The molecule has 0 aromatic rings. The molecule has 2 N–H and O–H groups in total. The SMILES string of the molecule is CCO[C@@H](C)[C@@H](C)NC[C@H](C)C[C@](C)(O)CC(C)C(C)C(C)C(C)=O. The van der Waals surface area contributed by atoms with E-state index in [1.165, 1.54) is 0 Å². The van der Waals surface area contributed by atoms with Crippen molar-refractivity contribution in [1.82, 2.24) is 5.32 Å². The second-order valence-corrected chi connectivity index (χ2v) is 8.60. The number of aliphatic hydroxyl groups is 1. The van der Waals surface area contributed by atoms with Gasteiger partial charge in [-0.3, -0.25) is 4.79 Å². The fraction of sp³-hybridized carbons (Fsp3) is 0.952. The molecule has 0 amide bonds. The van der Waals surface area contributed by atoms with Crippen molar-refractivity contribution in [1.29, 1.82) is 0 Å². The first-order valence-electron chi connectivity index (χ1n) is 9.99. The molecule has 0 fully saturated rings. The average molecular weight is 358 g/mol. The summed E-state index contributed by atoms with van der Waals surface area (Å²) in [6, 6.07) is 0.294. The smallest absolute Gasteiger partial charge is 0.132 e. The van der Waals surface area contributed by atoms with Crippen LogP contribution >= 0.6 is 0 Å². The van der Waals surface area contributed by atoms with Crippen LogP contribution in [0.15, 0.2) is 0 Å². The zero-order valence-electron chi connectivity index (χ0n) is 18.1. The molecule has 4 nitrogen and oxygen atoms in total. The highest BCUT2D eigenvalue weighted by Crippen LogP contribution is 2.31. The van der Waals surface area contributed by atoms with Gasteiger partial charge in [-0.05, 0) is 71.8 Å². The molecule has 0 aliphatic rings. The summed E-state index contributed by atoms with van der Waals surface area (Å²) in [5.74, 6) is 1.24. The van der Waals surface area contributed by atoms with Gasteiger partial charge in [0.1, 0.15) is 5.78 Å². The Balaban J connectivity index is 4.43. The van der Waals surface area contributed by atoms with Crippen LogP contribution in [0.5, 0.6) is 0 Å². The van der Waals surface area contributed by atoms with Crippen LogP contribution in [0.2, 0.25) is 0 Å². The first kappa shape index (κ1) is 24.6. The number of ketones is 1. The summed E-state index contributed by atoms with van der Waals surface area (Å²) in [5.41, 5.74) is -0.708. The first-order valence-corrected chi connectivity index (χ1v) is 9.99. The van der Waals surface area contributed by atoms with E-state index in [9.17, 15) is 9.90 Å². The third kappa shape index (κ3) is 9.72. The lowest BCUT2D eigenvalue weighted by atomic mass is 9.76. The number of carbonyl (C=O) groups excluding carboxylic acids is 1. The van der Waals surface area contributed by atoms with Gasteiger partial charge in [-0.1, -0.05) is 27.7 Å². The topological polar surface area (TPSA) is 58.6 Å². The van der Waals surface area contributed by atoms with Gasteiger partial charge in [-0.15, -0.1) is 0 Å². The Kier molecular flexibility index (Phi) is 11.1. The van der Waals surface area contributed by atoms with Crippen molar-refractivity contribution in [3.05, 3.63) is 0 Å². The maximum atomic E-state index is 11.6. The minimum atomic E-state index is -0.708. The molecule has 0 aromatic carbocycles. The van der Waals surface area contributed by atoms with E-state index >= 15 is 0 Å². The van der Waals surface area contributed by atoms with Crippen LogP contribution in [0.4, 0.5) is 0 Å². The zero-order valence-corrected chi connectivity index (χ0v) is 18.1. The predicted octanol–water partition coefficient (Wildman–Crippen LogP) is 4.05. The summed E-state index contributed by atoms with van der Waals surface area (Å²) in [5, 5.41) is 14.4. The highest BCUT2D eigenvalue weighted by atomic mass is 16.5. The van der Waals surface area contributed by atoms with Crippen molar-refractivity contribution in [3.63, 3.8) is 0 Å². The predicted molar refractivity (Wildman–Crippen MR) is 106 cm³/mol. The van der Waals surface area contributed by atoms with E-state index in [4.69, 9.17) is 4.74 Å². The maximum Gasteiger partial charge on any atom is 0.132 e. The number of nitrogens with one attached hydrogen (secondary N) is 1. The average Bonchev–Trinajstić information content (AvgIpc) is 2.49. The highest BCUT2D eigenvalue weighted by Gasteiger charge is 2.30. The van der Waals surface area contributed by atoms with E-state index < -0.39 is 5.60 Å². The molecule has 25 heavy (non-hydrogen) atoms. The van der Waals surface area contributed by atoms with E-state index in [1.807, 2.05) is 20.8 Å². The van der Waals surface area contributed by atoms with Gasteiger partial charge in [0.05, 0.1) is 11.7 Å². The molecule has 0 rings (SSSR count). The Labute approximate surface area is 156 Å². The number of hydrogen-bond acceptors (Lipinski definition) is 4. The van der Waals surface area contributed by atoms with E-state index in [-0.39, 0.29) is 23.7 Å². The molecule has 4 heteroatoms. The van der Waals surface area contributed by atoms with Crippen LogP contribution in [0, 0.1) is 23.7 Å². The fourth-order valence-electron chi connectivity index (χ4n) is 3.61. The van der Waals surface area contributed by atoms with Gasteiger partial charge in [0.15, 0.2) is 0 Å². The monoisotopic (exact) mass is 357 g/mol. The molecule has 0 aliphatic carbocycles. The number of carbonyl (C=O) groups is 1. The van der Waals surface area contributed by atoms with Crippen molar-refractivity contribution >= 4 is 5.78 Å². The van der Waals surface area contributed by atoms with E-state index in [0.717, 1.165) is 26.0 Å². The van der Waals surface area contributed by atoms with Gasteiger partial charge >= 0.3 is 0 Å². The number of hydrogen-bond donors (Lipinski definition) is 2. The fourth-order valence-corrected chi connectivity index (χ4v) is 3.61. The minimum Gasteiger partial charge on any atom is -0.390 e. The molecule has 0 saturated carbocycles. The molecular weight excluding hydrogens is 314 g/mol. The largest absolute Gasteiger partial charge is 0.390 e. The van der Waals surface area contributed by atoms with Crippen molar-refractivity contribution in [2.24, 2.45) is 23.7 Å². The lowest BCUT2D eigenvalue weighted by molar-refractivity contribution is -0.122. The highest BCUT2D eigenvalue weighted by molar-refractivity contribution is 5.78. The number of Topliss-reactive ketones (excluding diaryl/α,β-unsaturated/α-hetero) is 1. The summed E-state index contributed by atoms with van der Waals surface area (Å²) >= 11 is 0. The number of rotatable bonds is 13. The molecule has 0 radical (unpaired) electrons. The quantitative estimate of drug-likeness (QED) is 0.522. The molecule has 0 aliphatic heterocycles. The van der Waals surface area contributed by atoms with Crippen LogP contribution in [-0.4, -0.2) is 41.8 Å². The van der Waals surface area contributed by atoms with Crippen LogP contribution in [0.25, 0.3) is 0 Å². The maximum absolute atomic E-state index is 11.6. The third-order valence-corrected chi connectivity index (χ3v) is 5.80. The number of ether oxygens (including phenoxy) is 1. The van der Waals surface area contributed by atoms with Crippen LogP contribution < -0.4 is 5.32 Å². The van der Waals surface area contributed by atoms with Crippen LogP contribution in [-0.2, 0) is 9.53 Å². The molecule has 0 heterocycles. The molecule has 0 saturated heterocycles. The Morgan fingerprint density at radius 2 is 1.68 bits per heavy atom. The summed E-state index contributed by atoms with van der Waals surface area (Å²) in [6.45, 7) is 19.8. The summed E-state index contributed by atoms with van der Waals surface area (Å²) in [6.07, 6.45) is 1.66. The summed E-state index contributed by atoms with van der Waals surface area (Å²) in [4.78, 5) is 11.6. The second kappa shape index (κ2) is 11.3. The van der Waals surface area contributed by atoms with Crippen molar-refractivity contribution in [2.45, 2.75) is 92.9 Å². The van der Waals surface area contributed by atoms with Gasteiger partial charge in [0, 0.05) is 18.6 Å². The van der Waals surface area contributed by atoms with Crippen LogP contribution in [0.1, 0.15) is 75.2 Å². The van der Waals surface area contributed by atoms with E-state index in [2.05, 4.69) is 39.9 Å². The molecule has 150 valence electrons. The molecule has 0 bridgehead atoms. The normalized spacial score (nSPS) is 21.7. The molecule has 3 unspecified atom stereocenters. The molecular formula is C21H43NO3. The molecule has 0 spiro atoms. The van der Waals surface area contributed by atoms with E-state index in [1.54, 1.807) is 6.92 Å². The molecule has 0 aromatic heterocycles.